The van der Waals surface area contributed by atoms with Crippen molar-refractivity contribution in [2.45, 2.75) is 50.0 Å². The molecule has 2 aliphatic carbocycles. The van der Waals surface area contributed by atoms with E-state index < -0.39 is 10.0 Å². The minimum absolute atomic E-state index is 0.0544. The second-order valence-electron chi connectivity index (χ2n) is 7.42. The van der Waals surface area contributed by atoms with E-state index >= 15 is 0 Å². The number of rotatable bonds is 4. The number of aromatic amines is 1. The fourth-order valence-electron chi connectivity index (χ4n) is 4.57. The monoisotopic (exact) mass is 346 g/mol. The third-order valence-corrected chi connectivity index (χ3v) is 7.59. The number of sulfonamides is 1. The first kappa shape index (κ1) is 15.8. The lowest BCUT2D eigenvalue weighted by molar-refractivity contribution is 0.230. The summed E-state index contributed by atoms with van der Waals surface area (Å²) in [6, 6.07) is 7.82. The molecule has 2 N–H and O–H groups in total. The van der Waals surface area contributed by atoms with Gasteiger partial charge in [-0.15, -0.1) is 0 Å². The van der Waals surface area contributed by atoms with Crippen molar-refractivity contribution in [2.24, 2.45) is 11.3 Å². The number of H-pyrrole nitrogens is 1. The van der Waals surface area contributed by atoms with Gasteiger partial charge in [-0.3, -0.25) is 4.79 Å². The SMILES string of the molecule is CC(NS(=O)(=O)c1ccc2[nH]c(=O)ccc2c1)C12CCC(CC1)C2. The van der Waals surface area contributed by atoms with E-state index in [1.165, 1.54) is 18.9 Å². The Bertz CT molecular complexity index is 940. The molecule has 2 aromatic rings. The van der Waals surface area contributed by atoms with Gasteiger partial charge in [0.15, 0.2) is 0 Å². The highest BCUT2D eigenvalue weighted by atomic mass is 32.2. The van der Waals surface area contributed by atoms with E-state index in [4.69, 9.17) is 0 Å². The first-order chi connectivity index (χ1) is 11.4. The zero-order chi connectivity index (χ0) is 16.9. The molecule has 0 saturated heterocycles. The molecule has 2 fully saturated rings. The van der Waals surface area contributed by atoms with Gasteiger partial charge in [0.05, 0.1) is 4.90 Å². The Labute approximate surface area is 141 Å². The molecule has 2 saturated carbocycles. The molecule has 1 atom stereocenters. The van der Waals surface area contributed by atoms with Gasteiger partial charge in [0, 0.05) is 17.6 Å². The van der Waals surface area contributed by atoms with Crippen LogP contribution in [-0.4, -0.2) is 19.4 Å². The van der Waals surface area contributed by atoms with Gasteiger partial charge in [-0.2, -0.15) is 0 Å². The minimum atomic E-state index is -3.57. The quantitative estimate of drug-likeness (QED) is 0.893. The van der Waals surface area contributed by atoms with Gasteiger partial charge < -0.3 is 4.98 Å². The Morgan fingerprint density at radius 2 is 1.96 bits per heavy atom. The standard InChI is InChI=1S/C18H22N2O3S/c1-12(18-8-6-13(11-18)7-9-18)20-24(22,23)15-3-4-16-14(10-15)2-5-17(21)19-16/h2-5,10,12-13,20H,6-9,11H2,1H3,(H,19,21). The van der Waals surface area contributed by atoms with Crippen LogP contribution in [0.4, 0.5) is 0 Å². The van der Waals surface area contributed by atoms with Gasteiger partial charge in [-0.25, -0.2) is 13.1 Å². The zero-order valence-corrected chi connectivity index (χ0v) is 14.5. The lowest BCUT2D eigenvalue weighted by atomic mass is 9.78. The normalized spacial score (nSPS) is 27.6. The molecule has 0 amide bonds. The molecule has 24 heavy (non-hydrogen) atoms. The molecule has 0 aliphatic heterocycles. The second-order valence-corrected chi connectivity index (χ2v) is 9.14. The molecule has 128 valence electrons. The van der Waals surface area contributed by atoms with E-state index in [1.807, 2.05) is 6.92 Å². The van der Waals surface area contributed by atoms with E-state index in [2.05, 4.69) is 9.71 Å². The van der Waals surface area contributed by atoms with Crippen LogP contribution in [0.2, 0.25) is 0 Å². The summed E-state index contributed by atoms with van der Waals surface area (Å²) >= 11 is 0. The molecule has 1 aromatic carbocycles. The van der Waals surface area contributed by atoms with Crippen LogP contribution in [0.1, 0.15) is 39.0 Å². The maximum atomic E-state index is 12.8. The summed E-state index contributed by atoms with van der Waals surface area (Å²) in [6.07, 6.45) is 5.86. The van der Waals surface area contributed by atoms with Crippen LogP contribution in [0.15, 0.2) is 40.0 Å². The average Bonchev–Trinajstić information content (AvgIpc) is 3.16. The second kappa shape index (κ2) is 5.43. The van der Waals surface area contributed by atoms with Crippen molar-refractivity contribution in [3.8, 4) is 0 Å². The van der Waals surface area contributed by atoms with E-state index in [0.717, 1.165) is 25.2 Å². The molecule has 1 heterocycles. The molecular formula is C18H22N2O3S. The third kappa shape index (κ3) is 2.58. The minimum Gasteiger partial charge on any atom is -0.322 e. The molecule has 4 rings (SSSR count). The van der Waals surface area contributed by atoms with Gasteiger partial charge in [0.25, 0.3) is 0 Å². The molecule has 2 bridgehead atoms. The largest absolute Gasteiger partial charge is 0.322 e. The summed E-state index contributed by atoms with van der Waals surface area (Å²) in [6.45, 7) is 2.00. The number of fused-ring (bicyclic) bond motifs is 3. The lowest BCUT2D eigenvalue weighted by Crippen LogP contribution is -2.43. The number of hydrogen-bond acceptors (Lipinski definition) is 3. The predicted octanol–water partition coefficient (Wildman–Crippen LogP) is 2.78. The van der Waals surface area contributed by atoms with E-state index in [9.17, 15) is 13.2 Å². The van der Waals surface area contributed by atoms with E-state index in [0.29, 0.717) is 10.9 Å². The Kier molecular flexibility index (Phi) is 3.58. The van der Waals surface area contributed by atoms with Crippen molar-refractivity contribution in [1.29, 1.82) is 0 Å². The zero-order valence-electron chi connectivity index (χ0n) is 13.7. The van der Waals surface area contributed by atoms with Gasteiger partial charge >= 0.3 is 0 Å². The van der Waals surface area contributed by atoms with Crippen LogP contribution < -0.4 is 10.3 Å². The topological polar surface area (TPSA) is 79.0 Å². The molecule has 1 aromatic heterocycles. The Morgan fingerprint density at radius 1 is 1.21 bits per heavy atom. The summed E-state index contributed by atoms with van der Waals surface area (Å²) in [4.78, 5) is 14.3. The molecule has 1 unspecified atom stereocenters. The van der Waals surface area contributed by atoms with Gasteiger partial charge in [-0.1, -0.05) is 0 Å². The third-order valence-electron chi connectivity index (χ3n) is 6.05. The predicted molar refractivity (Wildman–Crippen MR) is 93.4 cm³/mol. The van der Waals surface area contributed by atoms with Gasteiger partial charge in [0.1, 0.15) is 0 Å². The van der Waals surface area contributed by atoms with Crippen molar-refractivity contribution in [2.75, 3.05) is 0 Å². The maximum Gasteiger partial charge on any atom is 0.248 e. The van der Waals surface area contributed by atoms with Crippen LogP contribution >= 0.6 is 0 Å². The van der Waals surface area contributed by atoms with Gasteiger partial charge in [0.2, 0.25) is 15.6 Å². The highest BCUT2D eigenvalue weighted by Crippen LogP contribution is 2.56. The summed E-state index contributed by atoms with van der Waals surface area (Å²) < 4.78 is 28.5. The van der Waals surface area contributed by atoms with Crippen molar-refractivity contribution in [3.63, 3.8) is 0 Å². The molecular weight excluding hydrogens is 324 g/mol. The Morgan fingerprint density at radius 3 is 2.62 bits per heavy atom. The van der Waals surface area contributed by atoms with Crippen LogP contribution in [0.3, 0.4) is 0 Å². The highest BCUT2D eigenvalue weighted by Gasteiger charge is 2.48. The van der Waals surface area contributed by atoms with E-state index in [-0.39, 0.29) is 21.9 Å². The first-order valence-corrected chi connectivity index (χ1v) is 10.0. The number of nitrogens with one attached hydrogen (secondary N) is 2. The van der Waals surface area contributed by atoms with Gasteiger partial charge in [-0.05, 0) is 80.0 Å². The van der Waals surface area contributed by atoms with Crippen LogP contribution in [0, 0.1) is 11.3 Å². The van der Waals surface area contributed by atoms with E-state index in [1.54, 1.807) is 24.3 Å². The fraction of sp³-hybridized carbons (Fsp3) is 0.500. The Balaban J connectivity index is 1.62. The van der Waals surface area contributed by atoms with Crippen LogP contribution in [-0.2, 0) is 10.0 Å². The molecule has 0 spiro atoms. The maximum absolute atomic E-state index is 12.8. The van der Waals surface area contributed by atoms with Crippen molar-refractivity contribution >= 4 is 20.9 Å². The highest BCUT2D eigenvalue weighted by molar-refractivity contribution is 7.89. The number of aromatic nitrogens is 1. The fourth-order valence-corrected chi connectivity index (χ4v) is 5.95. The van der Waals surface area contributed by atoms with Crippen LogP contribution in [0.5, 0.6) is 0 Å². The molecule has 2 aliphatic rings. The van der Waals surface area contributed by atoms with Crippen molar-refractivity contribution in [1.82, 2.24) is 9.71 Å². The molecule has 0 radical (unpaired) electrons. The first-order valence-electron chi connectivity index (χ1n) is 8.53. The molecule has 6 heteroatoms. The Hall–Kier alpha value is -1.66. The number of benzene rings is 1. The lowest BCUT2D eigenvalue weighted by Gasteiger charge is -2.33. The van der Waals surface area contributed by atoms with Crippen molar-refractivity contribution < 1.29 is 8.42 Å². The van der Waals surface area contributed by atoms with Crippen LogP contribution in [0.25, 0.3) is 10.9 Å². The summed E-state index contributed by atoms with van der Waals surface area (Å²) in [7, 11) is -3.57. The summed E-state index contributed by atoms with van der Waals surface area (Å²) in [5, 5.41) is 0.713. The number of hydrogen-bond donors (Lipinski definition) is 2. The summed E-state index contributed by atoms with van der Waals surface area (Å²) in [5.74, 6) is 0.787. The van der Waals surface area contributed by atoms with Crippen molar-refractivity contribution in [3.05, 3.63) is 40.7 Å². The number of pyridine rings is 1. The average molecular weight is 346 g/mol. The smallest absolute Gasteiger partial charge is 0.248 e. The summed E-state index contributed by atoms with van der Waals surface area (Å²) in [5.41, 5.74) is 0.586. The molecule has 5 nitrogen and oxygen atoms in total.